The first-order valence-electron chi connectivity index (χ1n) is 6.05. The minimum absolute atomic E-state index is 0.0633. The van der Waals surface area contributed by atoms with Crippen molar-refractivity contribution < 1.29 is 24.1 Å². The van der Waals surface area contributed by atoms with Gasteiger partial charge in [0.15, 0.2) is 11.5 Å². The number of carbonyl (C=O) groups is 1. The number of hydrogen-bond acceptors (Lipinski definition) is 6. The number of nitrogens with zero attached hydrogens (tertiary/aromatic N) is 1. The van der Waals surface area contributed by atoms with Crippen molar-refractivity contribution in [3.63, 3.8) is 0 Å². The molecular weight excluding hydrogens is 312 g/mol. The number of hydrogen-bond donors (Lipinski definition) is 2. The summed E-state index contributed by atoms with van der Waals surface area (Å²) in [6.45, 7) is 0. The van der Waals surface area contributed by atoms with Gasteiger partial charge in [0.1, 0.15) is 5.02 Å². The van der Waals surface area contributed by atoms with Crippen LogP contribution in [0.2, 0.25) is 5.02 Å². The van der Waals surface area contributed by atoms with Crippen molar-refractivity contribution in [1.82, 2.24) is 4.98 Å². The van der Waals surface area contributed by atoms with Crippen LogP contribution >= 0.6 is 11.6 Å². The Kier molecular flexibility index (Phi) is 4.57. The SMILES string of the molecule is COc1ccc(-c2cc(N)c(Cl)c(OC(=O)O)n2)cc1OC. The van der Waals surface area contributed by atoms with E-state index in [0.29, 0.717) is 22.8 Å². The van der Waals surface area contributed by atoms with E-state index in [4.69, 9.17) is 31.9 Å². The van der Waals surface area contributed by atoms with Gasteiger partial charge < -0.3 is 25.1 Å². The molecule has 0 bridgehead atoms. The Morgan fingerprint density at radius 2 is 1.91 bits per heavy atom. The van der Waals surface area contributed by atoms with Gasteiger partial charge in [-0.1, -0.05) is 11.6 Å². The van der Waals surface area contributed by atoms with Crippen molar-refractivity contribution in [3.05, 3.63) is 29.3 Å². The summed E-state index contributed by atoms with van der Waals surface area (Å²) in [5.41, 5.74) is 6.93. The van der Waals surface area contributed by atoms with Crippen LogP contribution in [0.5, 0.6) is 17.4 Å². The summed E-state index contributed by atoms with van der Waals surface area (Å²) in [6.07, 6.45) is -1.53. The molecule has 8 heteroatoms. The molecule has 0 aliphatic carbocycles. The molecule has 0 amide bonds. The Hall–Kier alpha value is -2.67. The molecule has 116 valence electrons. The molecule has 22 heavy (non-hydrogen) atoms. The molecule has 0 atom stereocenters. The Labute approximate surface area is 131 Å². The van der Waals surface area contributed by atoms with Gasteiger partial charge in [-0.2, -0.15) is 0 Å². The number of ether oxygens (including phenoxy) is 3. The molecule has 0 fully saturated rings. The second-order valence-corrected chi connectivity index (χ2v) is 4.53. The average molecular weight is 325 g/mol. The van der Waals surface area contributed by atoms with Crippen LogP contribution in [0, 0.1) is 0 Å². The molecule has 1 aromatic heterocycles. The van der Waals surface area contributed by atoms with Crippen molar-refractivity contribution in [2.45, 2.75) is 0 Å². The molecule has 0 aliphatic heterocycles. The van der Waals surface area contributed by atoms with Gasteiger partial charge in [0.2, 0.25) is 5.88 Å². The number of rotatable bonds is 4. The summed E-state index contributed by atoms with van der Waals surface area (Å²) in [7, 11) is 3.03. The topological polar surface area (TPSA) is 104 Å². The highest BCUT2D eigenvalue weighted by Gasteiger charge is 2.15. The molecule has 7 nitrogen and oxygen atoms in total. The van der Waals surface area contributed by atoms with Crippen LogP contribution in [-0.4, -0.2) is 30.5 Å². The van der Waals surface area contributed by atoms with Crippen molar-refractivity contribution in [2.24, 2.45) is 0 Å². The Bertz CT molecular complexity index is 721. The number of halogens is 1. The van der Waals surface area contributed by atoms with E-state index in [1.807, 2.05) is 0 Å². The van der Waals surface area contributed by atoms with E-state index in [1.165, 1.54) is 20.3 Å². The quantitative estimate of drug-likeness (QED) is 0.833. The van der Waals surface area contributed by atoms with Crippen molar-refractivity contribution in [3.8, 4) is 28.6 Å². The van der Waals surface area contributed by atoms with Crippen LogP contribution in [0.25, 0.3) is 11.3 Å². The third-order valence-electron chi connectivity index (χ3n) is 2.82. The Balaban J connectivity index is 2.52. The van der Waals surface area contributed by atoms with E-state index in [0.717, 1.165) is 0 Å². The number of nitrogen functional groups attached to an aromatic ring is 1. The highest BCUT2D eigenvalue weighted by Crippen LogP contribution is 2.36. The smallest absolute Gasteiger partial charge is 0.493 e. The number of pyridine rings is 1. The van der Waals surface area contributed by atoms with Crippen LogP contribution in [0.3, 0.4) is 0 Å². The lowest BCUT2D eigenvalue weighted by molar-refractivity contribution is 0.142. The molecule has 0 radical (unpaired) electrons. The standard InChI is InChI=1S/C14H13ClN2O5/c1-20-10-4-3-7(5-11(10)21-2)9-6-8(16)12(15)13(17-9)22-14(18)19/h3-6H,1-2H3,(H2,16,17)(H,18,19). The lowest BCUT2D eigenvalue weighted by atomic mass is 10.1. The first kappa shape index (κ1) is 15.7. The minimum atomic E-state index is -1.53. The van der Waals surface area contributed by atoms with Crippen LogP contribution in [0.4, 0.5) is 10.5 Å². The zero-order valence-electron chi connectivity index (χ0n) is 11.8. The van der Waals surface area contributed by atoms with E-state index in [2.05, 4.69) is 9.72 Å². The number of carboxylic acid groups (broad SMARTS) is 1. The van der Waals surface area contributed by atoms with Crippen molar-refractivity contribution in [1.29, 1.82) is 0 Å². The highest BCUT2D eigenvalue weighted by molar-refractivity contribution is 6.34. The van der Waals surface area contributed by atoms with Gasteiger partial charge in [-0.05, 0) is 24.3 Å². The molecule has 0 saturated carbocycles. The van der Waals surface area contributed by atoms with Gasteiger partial charge in [0.05, 0.1) is 25.6 Å². The number of methoxy groups -OCH3 is 2. The normalized spacial score (nSPS) is 10.1. The average Bonchev–Trinajstić information content (AvgIpc) is 2.50. The summed E-state index contributed by atoms with van der Waals surface area (Å²) in [5.74, 6) is 0.769. The lowest BCUT2D eigenvalue weighted by Gasteiger charge is -2.11. The largest absolute Gasteiger partial charge is 0.512 e. The number of nitrogens with two attached hydrogens (primary N) is 1. The Morgan fingerprint density at radius 1 is 1.23 bits per heavy atom. The first-order chi connectivity index (χ1) is 10.5. The second-order valence-electron chi connectivity index (χ2n) is 4.15. The molecule has 0 unspecified atom stereocenters. The van der Waals surface area contributed by atoms with E-state index in [-0.39, 0.29) is 16.6 Å². The number of anilines is 1. The third-order valence-corrected chi connectivity index (χ3v) is 3.20. The molecule has 1 aromatic carbocycles. The van der Waals surface area contributed by atoms with Gasteiger partial charge in [-0.15, -0.1) is 0 Å². The molecule has 2 aromatic rings. The summed E-state index contributed by atoms with van der Waals surface area (Å²) in [5, 5.41) is 8.63. The number of benzene rings is 1. The third kappa shape index (κ3) is 3.15. The zero-order chi connectivity index (χ0) is 16.3. The highest BCUT2D eigenvalue weighted by atomic mass is 35.5. The van der Waals surface area contributed by atoms with Gasteiger partial charge >= 0.3 is 6.16 Å². The first-order valence-corrected chi connectivity index (χ1v) is 6.43. The molecule has 1 heterocycles. The summed E-state index contributed by atoms with van der Waals surface area (Å²) in [6, 6.07) is 6.61. The fourth-order valence-electron chi connectivity index (χ4n) is 1.82. The zero-order valence-corrected chi connectivity index (χ0v) is 12.5. The fourth-order valence-corrected chi connectivity index (χ4v) is 1.95. The maximum atomic E-state index is 10.7. The van der Waals surface area contributed by atoms with Gasteiger partial charge in [-0.3, -0.25) is 0 Å². The van der Waals surface area contributed by atoms with E-state index in [9.17, 15) is 4.79 Å². The predicted molar refractivity (Wildman–Crippen MR) is 80.9 cm³/mol. The maximum Gasteiger partial charge on any atom is 0.512 e. The number of aromatic nitrogens is 1. The second kappa shape index (κ2) is 6.40. The summed E-state index contributed by atoms with van der Waals surface area (Å²) >= 11 is 5.88. The van der Waals surface area contributed by atoms with Gasteiger partial charge in [0, 0.05) is 5.56 Å². The lowest BCUT2D eigenvalue weighted by Crippen LogP contribution is -2.06. The van der Waals surface area contributed by atoms with Crippen LogP contribution in [0.15, 0.2) is 24.3 Å². The molecule has 0 saturated heterocycles. The molecule has 3 N–H and O–H groups in total. The minimum Gasteiger partial charge on any atom is -0.493 e. The predicted octanol–water partition coefficient (Wildman–Crippen LogP) is 3.06. The summed E-state index contributed by atoms with van der Waals surface area (Å²) < 4.78 is 14.9. The molecular formula is C14H13ClN2O5. The molecule has 0 spiro atoms. The van der Waals surface area contributed by atoms with Crippen molar-refractivity contribution >= 4 is 23.4 Å². The monoisotopic (exact) mass is 324 g/mol. The summed E-state index contributed by atoms with van der Waals surface area (Å²) in [4.78, 5) is 14.7. The van der Waals surface area contributed by atoms with Crippen LogP contribution < -0.4 is 19.9 Å². The van der Waals surface area contributed by atoms with Crippen molar-refractivity contribution in [2.75, 3.05) is 20.0 Å². The van der Waals surface area contributed by atoms with Gasteiger partial charge in [-0.25, -0.2) is 9.78 Å². The van der Waals surface area contributed by atoms with E-state index in [1.54, 1.807) is 18.2 Å². The Morgan fingerprint density at radius 3 is 2.50 bits per heavy atom. The molecule has 0 aliphatic rings. The van der Waals surface area contributed by atoms with Crippen LogP contribution in [0.1, 0.15) is 0 Å². The van der Waals surface area contributed by atoms with Gasteiger partial charge in [0.25, 0.3) is 0 Å². The van der Waals surface area contributed by atoms with E-state index >= 15 is 0 Å². The fraction of sp³-hybridized carbons (Fsp3) is 0.143. The molecule has 2 rings (SSSR count). The maximum absolute atomic E-state index is 10.7. The van der Waals surface area contributed by atoms with Crippen LogP contribution in [-0.2, 0) is 0 Å². The van der Waals surface area contributed by atoms with E-state index < -0.39 is 6.16 Å².